The summed E-state index contributed by atoms with van der Waals surface area (Å²) in [7, 11) is -3.14. The zero-order valence-electron chi connectivity index (χ0n) is 9.59. The first kappa shape index (κ1) is 11.2. The maximum absolute atomic E-state index is 12.4. The maximum atomic E-state index is 12.4. The van der Waals surface area contributed by atoms with Crippen LogP contribution in [-0.4, -0.2) is 31.1 Å². The second-order valence-electron chi connectivity index (χ2n) is 4.70. The average Bonchev–Trinajstić information content (AvgIpc) is 2.98. The van der Waals surface area contributed by atoms with Crippen LogP contribution in [0.1, 0.15) is 17.5 Å². The number of hydrogen-bond acceptors (Lipinski definition) is 3. The van der Waals surface area contributed by atoms with E-state index < -0.39 is 10.0 Å². The van der Waals surface area contributed by atoms with Crippen LogP contribution >= 0.6 is 0 Å². The quantitative estimate of drug-likeness (QED) is 0.842. The van der Waals surface area contributed by atoms with Crippen molar-refractivity contribution >= 4 is 10.0 Å². The van der Waals surface area contributed by atoms with Crippen molar-refractivity contribution in [3.8, 4) is 0 Å². The Morgan fingerprint density at radius 2 is 1.82 bits per heavy atom. The van der Waals surface area contributed by atoms with Gasteiger partial charge in [-0.25, -0.2) is 8.42 Å². The molecule has 1 saturated heterocycles. The predicted octanol–water partition coefficient (Wildman–Crippen LogP) is 0.694. The molecule has 1 aromatic carbocycles. The minimum absolute atomic E-state index is 0.239. The Hall–Kier alpha value is -0.910. The summed E-state index contributed by atoms with van der Waals surface area (Å²) in [4.78, 5) is 0. The third-order valence-electron chi connectivity index (χ3n) is 3.61. The molecule has 2 heterocycles. The van der Waals surface area contributed by atoms with Gasteiger partial charge >= 0.3 is 0 Å². The number of rotatable bonds is 2. The Bertz CT molecular complexity index is 496. The highest BCUT2D eigenvalue weighted by molar-refractivity contribution is 7.89. The molecule has 2 aliphatic rings. The molecule has 1 aromatic rings. The lowest BCUT2D eigenvalue weighted by Crippen LogP contribution is -2.36. The van der Waals surface area contributed by atoms with Gasteiger partial charge in [-0.3, -0.25) is 0 Å². The van der Waals surface area contributed by atoms with Gasteiger partial charge in [0.15, 0.2) is 0 Å². The van der Waals surface area contributed by atoms with E-state index in [0.717, 1.165) is 24.1 Å². The van der Waals surface area contributed by atoms with Gasteiger partial charge in [-0.15, -0.1) is 0 Å². The Labute approximate surface area is 102 Å². The van der Waals surface area contributed by atoms with Gasteiger partial charge in [0.05, 0.1) is 5.25 Å². The lowest BCUT2D eigenvalue weighted by atomic mass is 10.1. The molecule has 0 radical (unpaired) electrons. The zero-order chi connectivity index (χ0) is 11.9. The van der Waals surface area contributed by atoms with E-state index in [1.54, 1.807) is 4.31 Å². The first-order chi connectivity index (χ1) is 8.18. The summed E-state index contributed by atoms with van der Waals surface area (Å²) >= 11 is 0. The molecule has 2 aliphatic heterocycles. The first-order valence-corrected chi connectivity index (χ1v) is 7.45. The highest BCUT2D eigenvalue weighted by Crippen LogP contribution is 2.27. The van der Waals surface area contributed by atoms with Gasteiger partial charge < -0.3 is 5.32 Å². The Morgan fingerprint density at radius 1 is 1.18 bits per heavy atom. The fourth-order valence-electron chi connectivity index (χ4n) is 2.58. The number of hydrogen-bond donors (Lipinski definition) is 1. The van der Waals surface area contributed by atoms with Crippen LogP contribution in [0.4, 0.5) is 0 Å². The highest BCUT2D eigenvalue weighted by Gasteiger charge is 2.36. The van der Waals surface area contributed by atoms with Gasteiger partial charge in [0, 0.05) is 19.6 Å². The molecule has 4 nitrogen and oxygen atoms in total. The smallest absolute Gasteiger partial charge is 0.218 e. The molecule has 0 amide bonds. The summed E-state index contributed by atoms with van der Waals surface area (Å²) in [5.74, 6) is 0. The molecule has 1 N–H and O–H groups in total. The molecule has 1 atom stereocenters. The molecule has 92 valence electrons. The summed E-state index contributed by atoms with van der Waals surface area (Å²) in [5, 5.41) is 2.88. The van der Waals surface area contributed by atoms with Crippen LogP contribution in [0, 0.1) is 0 Å². The number of fused-ring (bicyclic) bond motifs is 1. The van der Waals surface area contributed by atoms with Crippen molar-refractivity contribution < 1.29 is 8.42 Å². The van der Waals surface area contributed by atoms with Crippen LogP contribution in [0.25, 0.3) is 0 Å². The van der Waals surface area contributed by atoms with Crippen molar-refractivity contribution in [2.45, 2.75) is 24.8 Å². The van der Waals surface area contributed by atoms with E-state index in [-0.39, 0.29) is 5.25 Å². The minimum atomic E-state index is -3.14. The molecule has 0 bridgehead atoms. The van der Waals surface area contributed by atoms with Gasteiger partial charge in [-0.2, -0.15) is 4.31 Å². The zero-order valence-corrected chi connectivity index (χ0v) is 10.4. The number of nitrogens with one attached hydrogen (secondary N) is 1. The lowest BCUT2D eigenvalue weighted by Gasteiger charge is -2.19. The molecule has 17 heavy (non-hydrogen) atoms. The second kappa shape index (κ2) is 4.08. The molecule has 3 rings (SSSR count). The average molecular weight is 252 g/mol. The van der Waals surface area contributed by atoms with E-state index in [2.05, 4.69) is 5.32 Å². The molecule has 0 saturated carbocycles. The Balaban J connectivity index is 1.84. The predicted molar refractivity (Wildman–Crippen MR) is 65.9 cm³/mol. The summed E-state index contributed by atoms with van der Waals surface area (Å²) in [6, 6.07) is 7.95. The van der Waals surface area contributed by atoms with Crippen molar-refractivity contribution in [3.05, 3.63) is 35.4 Å². The van der Waals surface area contributed by atoms with Crippen molar-refractivity contribution in [1.29, 1.82) is 0 Å². The lowest BCUT2D eigenvalue weighted by molar-refractivity contribution is 0.423. The molecule has 0 spiro atoms. The minimum Gasteiger partial charge on any atom is -0.315 e. The molecule has 1 fully saturated rings. The molecular weight excluding hydrogens is 236 g/mol. The van der Waals surface area contributed by atoms with E-state index in [0.29, 0.717) is 19.6 Å². The van der Waals surface area contributed by atoms with Crippen LogP contribution < -0.4 is 5.32 Å². The van der Waals surface area contributed by atoms with Crippen LogP contribution in [0.3, 0.4) is 0 Å². The molecule has 5 heteroatoms. The van der Waals surface area contributed by atoms with E-state index in [4.69, 9.17) is 0 Å². The monoisotopic (exact) mass is 252 g/mol. The SMILES string of the molecule is O=S(=O)(C1CCNC1)N1Cc2ccccc2C1. The number of nitrogens with zero attached hydrogens (tertiary/aromatic N) is 1. The van der Waals surface area contributed by atoms with Gasteiger partial charge in [-0.1, -0.05) is 24.3 Å². The van der Waals surface area contributed by atoms with E-state index in [1.165, 1.54) is 0 Å². The molecule has 1 unspecified atom stereocenters. The fraction of sp³-hybridized carbons (Fsp3) is 0.500. The van der Waals surface area contributed by atoms with Gasteiger partial charge in [0.25, 0.3) is 0 Å². The standard InChI is InChI=1S/C12H16N2O2S/c15-17(16,12-5-6-13-7-12)14-8-10-3-1-2-4-11(10)9-14/h1-4,12-13H,5-9H2. The highest BCUT2D eigenvalue weighted by atomic mass is 32.2. The summed E-state index contributed by atoms with van der Waals surface area (Å²) < 4.78 is 26.4. The fourth-order valence-corrected chi connectivity index (χ4v) is 4.38. The van der Waals surface area contributed by atoms with E-state index in [1.807, 2.05) is 24.3 Å². The third-order valence-corrected chi connectivity index (χ3v) is 5.83. The van der Waals surface area contributed by atoms with Crippen LogP contribution in [0.15, 0.2) is 24.3 Å². The van der Waals surface area contributed by atoms with Crippen molar-refractivity contribution in [2.75, 3.05) is 13.1 Å². The van der Waals surface area contributed by atoms with Crippen molar-refractivity contribution in [3.63, 3.8) is 0 Å². The molecular formula is C12H16N2O2S. The number of sulfonamides is 1. The summed E-state index contributed by atoms with van der Waals surface area (Å²) in [6.07, 6.45) is 0.731. The Kier molecular flexibility index (Phi) is 2.69. The topological polar surface area (TPSA) is 49.4 Å². The molecule has 0 aromatic heterocycles. The molecule has 0 aliphatic carbocycles. The van der Waals surface area contributed by atoms with Gasteiger partial charge in [0.2, 0.25) is 10.0 Å². The summed E-state index contributed by atoms with van der Waals surface area (Å²) in [5.41, 5.74) is 2.28. The van der Waals surface area contributed by atoms with E-state index in [9.17, 15) is 8.42 Å². The van der Waals surface area contributed by atoms with Crippen LogP contribution in [0.5, 0.6) is 0 Å². The number of benzene rings is 1. The largest absolute Gasteiger partial charge is 0.315 e. The first-order valence-electron chi connectivity index (χ1n) is 5.94. The second-order valence-corrected chi connectivity index (χ2v) is 6.91. The van der Waals surface area contributed by atoms with Crippen molar-refractivity contribution in [2.24, 2.45) is 0 Å². The van der Waals surface area contributed by atoms with Gasteiger partial charge in [0.1, 0.15) is 0 Å². The van der Waals surface area contributed by atoms with Gasteiger partial charge in [-0.05, 0) is 24.1 Å². The third kappa shape index (κ3) is 1.88. The van der Waals surface area contributed by atoms with Crippen LogP contribution in [-0.2, 0) is 23.1 Å². The summed E-state index contributed by atoms with van der Waals surface area (Å²) in [6.45, 7) is 2.48. The van der Waals surface area contributed by atoms with Crippen LogP contribution in [0.2, 0.25) is 0 Å². The Morgan fingerprint density at radius 3 is 2.35 bits per heavy atom. The maximum Gasteiger partial charge on any atom is 0.218 e. The van der Waals surface area contributed by atoms with Crippen molar-refractivity contribution in [1.82, 2.24) is 9.62 Å². The normalized spacial score (nSPS) is 25.1. The van der Waals surface area contributed by atoms with E-state index >= 15 is 0 Å².